The number of fused-ring (bicyclic) bond motifs is 2. The van der Waals surface area contributed by atoms with Crippen LogP contribution in [0.5, 0.6) is 0 Å². The van der Waals surface area contributed by atoms with Crippen LogP contribution >= 0.6 is 11.8 Å². The van der Waals surface area contributed by atoms with Gasteiger partial charge in [-0.25, -0.2) is 4.98 Å². The molecule has 0 fully saturated rings. The first-order valence-corrected chi connectivity index (χ1v) is 8.24. The van der Waals surface area contributed by atoms with E-state index in [4.69, 9.17) is 0 Å². The fraction of sp³-hybridized carbons (Fsp3) is 0.125. The zero-order valence-electron chi connectivity index (χ0n) is 12.5. The summed E-state index contributed by atoms with van der Waals surface area (Å²) in [7, 11) is 0. The number of nitrogens with one attached hydrogen (secondary N) is 2. The van der Waals surface area contributed by atoms with Crippen molar-refractivity contribution in [2.24, 2.45) is 0 Å². The molecule has 1 atom stereocenters. The average molecular weight is 339 g/mol. The van der Waals surface area contributed by atoms with E-state index in [1.807, 2.05) is 24.3 Å². The van der Waals surface area contributed by atoms with Crippen LogP contribution < -0.4 is 10.6 Å². The molecule has 2 N–H and O–H groups in total. The monoisotopic (exact) mass is 339 g/mol. The van der Waals surface area contributed by atoms with E-state index >= 15 is 0 Å². The molecule has 3 heterocycles. The van der Waals surface area contributed by atoms with E-state index in [1.54, 1.807) is 29.0 Å². The van der Waals surface area contributed by atoms with Gasteiger partial charge in [0.25, 0.3) is 0 Å². The summed E-state index contributed by atoms with van der Waals surface area (Å²) in [6, 6.07) is 11.0. The largest absolute Gasteiger partial charge is 0.324 e. The SMILES string of the molecule is O=C(C[C@H]1Sc2ccccc2NC1=O)Nc1ccnc2ccnn12. The summed E-state index contributed by atoms with van der Waals surface area (Å²) in [5.74, 6) is 0.120. The molecule has 3 aromatic rings. The fourth-order valence-corrected chi connectivity index (χ4v) is 3.63. The minimum absolute atomic E-state index is 0.0793. The van der Waals surface area contributed by atoms with Gasteiger partial charge in [-0.2, -0.15) is 9.61 Å². The number of thioether (sulfide) groups is 1. The molecular formula is C16H13N5O2S. The Balaban J connectivity index is 1.49. The number of carbonyl (C=O) groups is 2. The number of hydrogen-bond donors (Lipinski definition) is 2. The molecule has 2 aromatic heterocycles. The Hall–Kier alpha value is -2.87. The van der Waals surface area contributed by atoms with Crippen LogP contribution in [-0.2, 0) is 9.59 Å². The van der Waals surface area contributed by atoms with Crippen LogP contribution in [0.1, 0.15) is 6.42 Å². The molecule has 0 radical (unpaired) electrons. The summed E-state index contributed by atoms with van der Waals surface area (Å²) in [6.07, 6.45) is 3.29. The second-order valence-electron chi connectivity index (χ2n) is 5.28. The van der Waals surface area contributed by atoms with Crippen molar-refractivity contribution in [3.05, 3.63) is 48.8 Å². The molecule has 24 heavy (non-hydrogen) atoms. The number of aromatic nitrogens is 3. The maximum Gasteiger partial charge on any atom is 0.238 e. The first kappa shape index (κ1) is 14.7. The van der Waals surface area contributed by atoms with Crippen LogP contribution in [0.15, 0.2) is 53.7 Å². The predicted octanol–water partition coefficient (Wildman–Crippen LogP) is 2.17. The van der Waals surface area contributed by atoms with Crippen molar-refractivity contribution in [3.63, 3.8) is 0 Å². The third-order valence-electron chi connectivity index (χ3n) is 3.64. The molecule has 1 aliphatic rings. The van der Waals surface area contributed by atoms with Crippen molar-refractivity contribution in [2.75, 3.05) is 10.6 Å². The number of benzene rings is 1. The number of rotatable bonds is 3. The smallest absolute Gasteiger partial charge is 0.238 e. The van der Waals surface area contributed by atoms with Crippen LogP contribution in [-0.4, -0.2) is 31.7 Å². The van der Waals surface area contributed by atoms with Crippen LogP contribution in [0.2, 0.25) is 0 Å². The first-order valence-electron chi connectivity index (χ1n) is 7.36. The van der Waals surface area contributed by atoms with Gasteiger partial charge in [-0.05, 0) is 18.2 Å². The molecule has 7 nitrogen and oxygen atoms in total. The summed E-state index contributed by atoms with van der Waals surface area (Å²) in [4.78, 5) is 29.6. The minimum atomic E-state index is -0.463. The molecule has 0 aliphatic carbocycles. The van der Waals surface area contributed by atoms with E-state index in [0.29, 0.717) is 11.5 Å². The highest BCUT2D eigenvalue weighted by atomic mass is 32.2. The van der Waals surface area contributed by atoms with E-state index in [0.717, 1.165) is 10.6 Å². The van der Waals surface area contributed by atoms with E-state index < -0.39 is 5.25 Å². The predicted molar refractivity (Wildman–Crippen MR) is 91.0 cm³/mol. The Kier molecular flexibility index (Phi) is 3.66. The van der Waals surface area contributed by atoms with E-state index in [-0.39, 0.29) is 18.2 Å². The van der Waals surface area contributed by atoms with Crippen LogP contribution in [0.25, 0.3) is 5.65 Å². The number of para-hydroxylation sites is 1. The van der Waals surface area contributed by atoms with Crippen molar-refractivity contribution in [1.82, 2.24) is 14.6 Å². The fourth-order valence-electron chi connectivity index (χ4n) is 2.52. The highest BCUT2D eigenvalue weighted by molar-refractivity contribution is 8.01. The normalized spacial score (nSPS) is 16.5. The molecule has 1 aromatic carbocycles. The van der Waals surface area contributed by atoms with Gasteiger partial charge in [0, 0.05) is 23.6 Å². The van der Waals surface area contributed by atoms with Gasteiger partial charge in [-0.1, -0.05) is 12.1 Å². The van der Waals surface area contributed by atoms with Crippen molar-refractivity contribution in [3.8, 4) is 0 Å². The third kappa shape index (κ3) is 2.71. The van der Waals surface area contributed by atoms with Crippen molar-refractivity contribution in [1.29, 1.82) is 0 Å². The van der Waals surface area contributed by atoms with Crippen molar-refractivity contribution in [2.45, 2.75) is 16.6 Å². The molecule has 0 spiro atoms. The summed E-state index contributed by atoms with van der Waals surface area (Å²) in [5.41, 5.74) is 1.43. The van der Waals surface area contributed by atoms with Crippen molar-refractivity contribution < 1.29 is 9.59 Å². The zero-order chi connectivity index (χ0) is 16.5. The maximum absolute atomic E-state index is 12.3. The highest BCUT2D eigenvalue weighted by Crippen LogP contribution is 2.36. The Morgan fingerprint density at radius 1 is 1.25 bits per heavy atom. The number of carbonyl (C=O) groups excluding carboxylic acids is 2. The van der Waals surface area contributed by atoms with Gasteiger partial charge in [0.05, 0.1) is 17.1 Å². The minimum Gasteiger partial charge on any atom is -0.324 e. The Morgan fingerprint density at radius 3 is 3.04 bits per heavy atom. The lowest BCUT2D eigenvalue weighted by Crippen LogP contribution is -2.32. The first-order chi connectivity index (χ1) is 11.7. The second kappa shape index (κ2) is 5.97. The Morgan fingerprint density at radius 2 is 2.12 bits per heavy atom. The summed E-state index contributed by atoms with van der Waals surface area (Å²) in [6.45, 7) is 0. The molecule has 0 bridgehead atoms. The highest BCUT2D eigenvalue weighted by Gasteiger charge is 2.28. The van der Waals surface area contributed by atoms with E-state index in [2.05, 4.69) is 20.7 Å². The van der Waals surface area contributed by atoms with Crippen molar-refractivity contribution >= 4 is 40.7 Å². The molecule has 4 rings (SSSR count). The number of amides is 2. The standard InChI is InChI=1S/C16H13N5O2S/c22-15(20-14-5-7-17-13-6-8-18-21(13)14)9-12-16(23)19-10-3-1-2-4-11(10)24-12/h1-8,12H,9H2,(H,19,23)(H,20,22)/t12-/m1/s1. The molecule has 0 saturated heterocycles. The lowest BCUT2D eigenvalue weighted by molar-refractivity contribution is -0.120. The number of nitrogens with zero attached hydrogens (tertiary/aromatic N) is 3. The Labute approximate surface area is 141 Å². The van der Waals surface area contributed by atoms with Gasteiger partial charge in [0.1, 0.15) is 5.82 Å². The van der Waals surface area contributed by atoms with Gasteiger partial charge in [0.2, 0.25) is 11.8 Å². The molecule has 1 aliphatic heterocycles. The molecule has 0 saturated carbocycles. The lowest BCUT2D eigenvalue weighted by Gasteiger charge is -2.23. The van der Waals surface area contributed by atoms with Crippen LogP contribution in [0, 0.1) is 0 Å². The van der Waals surface area contributed by atoms with Crippen LogP contribution in [0.3, 0.4) is 0 Å². The number of anilines is 2. The summed E-state index contributed by atoms with van der Waals surface area (Å²) < 4.78 is 1.54. The topological polar surface area (TPSA) is 88.4 Å². The summed E-state index contributed by atoms with van der Waals surface area (Å²) >= 11 is 1.40. The second-order valence-corrected chi connectivity index (χ2v) is 6.52. The Bertz CT molecular complexity index is 939. The van der Waals surface area contributed by atoms with Gasteiger partial charge in [-0.15, -0.1) is 11.8 Å². The molecule has 120 valence electrons. The van der Waals surface area contributed by atoms with E-state index in [1.165, 1.54) is 11.8 Å². The molecule has 0 unspecified atom stereocenters. The zero-order valence-corrected chi connectivity index (χ0v) is 13.3. The number of hydrogen-bond acceptors (Lipinski definition) is 5. The van der Waals surface area contributed by atoms with E-state index in [9.17, 15) is 9.59 Å². The van der Waals surface area contributed by atoms with Gasteiger partial charge >= 0.3 is 0 Å². The molecule has 2 amide bonds. The molecule has 8 heteroatoms. The summed E-state index contributed by atoms with van der Waals surface area (Å²) in [5, 5.41) is 9.28. The quantitative estimate of drug-likeness (QED) is 0.763. The third-order valence-corrected chi connectivity index (χ3v) is 4.91. The molecular weight excluding hydrogens is 326 g/mol. The van der Waals surface area contributed by atoms with Gasteiger partial charge in [0.15, 0.2) is 5.65 Å². The average Bonchev–Trinajstić information content (AvgIpc) is 3.05. The maximum atomic E-state index is 12.3. The lowest BCUT2D eigenvalue weighted by atomic mass is 10.2. The van der Waals surface area contributed by atoms with Gasteiger partial charge in [-0.3, -0.25) is 9.59 Å². The van der Waals surface area contributed by atoms with Gasteiger partial charge < -0.3 is 10.6 Å². The van der Waals surface area contributed by atoms with Crippen LogP contribution in [0.4, 0.5) is 11.5 Å².